The number of imidazole rings is 2. The van der Waals surface area contributed by atoms with E-state index >= 15 is 0 Å². The molecule has 1 amide bonds. The molecule has 0 saturated carbocycles. The number of benzene rings is 3. The number of anilines is 1. The van der Waals surface area contributed by atoms with Gasteiger partial charge in [0, 0.05) is 5.56 Å². The zero-order chi connectivity index (χ0) is 24.7. The molecule has 7 nitrogen and oxygen atoms in total. The highest BCUT2D eigenvalue weighted by molar-refractivity contribution is 6.03. The fourth-order valence-electron chi connectivity index (χ4n) is 3.97. The summed E-state index contributed by atoms with van der Waals surface area (Å²) in [6.45, 7) is 3.88. The summed E-state index contributed by atoms with van der Waals surface area (Å²) < 4.78 is 0. The van der Waals surface area contributed by atoms with Crippen LogP contribution in [0.2, 0.25) is 0 Å². The van der Waals surface area contributed by atoms with E-state index in [1.54, 1.807) is 18.3 Å². The molecule has 5 rings (SSSR count). The van der Waals surface area contributed by atoms with Crippen molar-refractivity contribution in [2.45, 2.75) is 19.9 Å². The zero-order valence-electron chi connectivity index (χ0n) is 20.1. The van der Waals surface area contributed by atoms with Crippen LogP contribution >= 0.6 is 0 Å². The van der Waals surface area contributed by atoms with Gasteiger partial charge in [0.05, 0.1) is 30.3 Å². The maximum absolute atomic E-state index is 12.4. The summed E-state index contributed by atoms with van der Waals surface area (Å²) in [5, 5.41) is 6.16. The first-order chi connectivity index (χ1) is 17.7. The molecule has 0 radical (unpaired) electrons. The van der Waals surface area contributed by atoms with Crippen molar-refractivity contribution in [3.63, 3.8) is 0 Å². The van der Waals surface area contributed by atoms with Crippen molar-refractivity contribution in [1.29, 1.82) is 0 Å². The van der Waals surface area contributed by atoms with Crippen molar-refractivity contribution in [3.8, 4) is 33.6 Å². The predicted molar refractivity (Wildman–Crippen MR) is 143 cm³/mol. The Bertz CT molecular complexity index is 1420. The minimum absolute atomic E-state index is 0.199. The Morgan fingerprint density at radius 2 is 1.33 bits per heavy atom. The van der Waals surface area contributed by atoms with E-state index in [1.165, 1.54) is 0 Å². The summed E-state index contributed by atoms with van der Waals surface area (Å²) in [6, 6.07) is 25.8. The van der Waals surface area contributed by atoms with Crippen molar-refractivity contribution in [1.82, 2.24) is 25.3 Å². The van der Waals surface area contributed by atoms with Crippen LogP contribution in [-0.2, 0) is 6.54 Å². The van der Waals surface area contributed by atoms with Gasteiger partial charge in [-0.05, 0) is 47.4 Å². The van der Waals surface area contributed by atoms with Gasteiger partial charge in [-0.15, -0.1) is 0 Å². The number of nitrogens with one attached hydrogen (secondary N) is 4. The highest BCUT2D eigenvalue weighted by atomic mass is 16.1. The first kappa shape index (κ1) is 23.3. The number of nitrogens with zero attached hydrogens (tertiary/aromatic N) is 2. The van der Waals surface area contributed by atoms with Gasteiger partial charge in [-0.1, -0.05) is 73.7 Å². The molecule has 2 heterocycles. The van der Waals surface area contributed by atoms with Crippen molar-refractivity contribution in [2.75, 3.05) is 11.9 Å². The van der Waals surface area contributed by atoms with Gasteiger partial charge in [-0.25, -0.2) is 9.97 Å². The normalized spacial score (nSPS) is 10.9. The number of hydrogen-bond acceptors (Lipinski definition) is 4. The Kier molecular flexibility index (Phi) is 7.00. The van der Waals surface area contributed by atoms with Gasteiger partial charge >= 0.3 is 0 Å². The molecule has 0 aliphatic heterocycles. The standard InChI is InChI=1S/C29H28N6O/c1-2-16-30-19-27-31-17-25(33-27)22-12-8-20(9-13-22)21-10-14-23(15-11-21)26-18-32-29(34-26)35-28(36)24-6-4-3-5-7-24/h3-15,17-18,30H,2,16,19H2,1H3,(H,31,33)(H2,32,34,35,36). The molecule has 0 saturated heterocycles. The van der Waals surface area contributed by atoms with Gasteiger partial charge in [0.15, 0.2) is 0 Å². The van der Waals surface area contributed by atoms with Gasteiger partial charge in [0.25, 0.3) is 5.91 Å². The van der Waals surface area contributed by atoms with Crippen molar-refractivity contribution in [2.24, 2.45) is 0 Å². The number of rotatable bonds is 9. The van der Waals surface area contributed by atoms with Crippen LogP contribution in [0.4, 0.5) is 5.95 Å². The fraction of sp³-hybridized carbons (Fsp3) is 0.138. The van der Waals surface area contributed by atoms with Crippen molar-refractivity contribution in [3.05, 3.63) is 103 Å². The fourth-order valence-corrected chi connectivity index (χ4v) is 3.97. The topological polar surface area (TPSA) is 98.5 Å². The third-order valence-corrected chi connectivity index (χ3v) is 5.92. The lowest BCUT2D eigenvalue weighted by atomic mass is 10.0. The molecule has 0 aliphatic carbocycles. The highest BCUT2D eigenvalue weighted by Crippen LogP contribution is 2.27. The molecule has 4 N–H and O–H groups in total. The molecular formula is C29H28N6O. The van der Waals surface area contributed by atoms with Crippen LogP contribution in [0.5, 0.6) is 0 Å². The number of hydrogen-bond donors (Lipinski definition) is 4. The molecule has 0 fully saturated rings. The van der Waals surface area contributed by atoms with E-state index in [1.807, 2.05) is 36.5 Å². The minimum atomic E-state index is -0.199. The molecule has 0 aliphatic rings. The Labute approximate surface area is 210 Å². The number of aromatic amines is 2. The smallest absolute Gasteiger partial charge is 0.257 e. The van der Waals surface area contributed by atoms with Gasteiger partial charge in [-0.2, -0.15) is 0 Å². The molecule has 5 aromatic rings. The van der Waals surface area contributed by atoms with E-state index in [2.05, 4.69) is 73.9 Å². The van der Waals surface area contributed by atoms with E-state index in [0.29, 0.717) is 11.5 Å². The molecule has 0 spiro atoms. The quantitative estimate of drug-likeness (QED) is 0.200. The van der Waals surface area contributed by atoms with E-state index in [4.69, 9.17) is 0 Å². The van der Waals surface area contributed by atoms with Crippen LogP contribution < -0.4 is 10.6 Å². The molecule has 180 valence electrons. The number of amides is 1. The number of carbonyl (C=O) groups excluding carboxylic acids is 1. The second-order valence-corrected chi connectivity index (χ2v) is 8.54. The summed E-state index contributed by atoms with van der Waals surface area (Å²) >= 11 is 0. The second kappa shape index (κ2) is 10.8. The van der Waals surface area contributed by atoms with Crippen LogP contribution in [0, 0.1) is 0 Å². The molecule has 2 aromatic heterocycles. The van der Waals surface area contributed by atoms with Crippen LogP contribution in [0.3, 0.4) is 0 Å². The molecule has 3 aromatic carbocycles. The Morgan fingerprint density at radius 3 is 1.97 bits per heavy atom. The Morgan fingerprint density at radius 1 is 0.750 bits per heavy atom. The lowest BCUT2D eigenvalue weighted by Gasteiger charge is -2.05. The summed E-state index contributed by atoms with van der Waals surface area (Å²) in [5.41, 5.74) is 6.79. The monoisotopic (exact) mass is 476 g/mol. The third-order valence-electron chi connectivity index (χ3n) is 5.92. The lowest BCUT2D eigenvalue weighted by molar-refractivity contribution is 0.102. The SMILES string of the molecule is CCCNCc1ncc(-c2ccc(-c3ccc(-c4cnc(NC(=O)c5ccccc5)[nH]4)cc3)cc2)[nH]1. The van der Waals surface area contributed by atoms with Gasteiger partial charge in [-0.3, -0.25) is 10.1 Å². The summed E-state index contributed by atoms with van der Waals surface area (Å²) in [7, 11) is 0. The van der Waals surface area contributed by atoms with Gasteiger partial charge < -0.3 is 15.3 Å². The molecule has 7 heteroatoms. The predicted octanol–water partition coefficient (Wildman–Crippen LogP) is 5.89. The maximum Gasteiger partial charge on any atom is 0.257 e. The van der Waals surface area contributed by atoms with Gasteiger partial charge in [0.1, 0.15) is 5.82 Å². The minimum Gasteiger partial charge on any atom is -0.341 e. The van der Waals surface area contributed by atoms with E-state index in [-0.39, 0.29) is 5.91 Å². The summed E-state index contributed by atoms with van der Waals surface area (Å²) in [5.74, 6) is 1.16. The van der Waals surface area contributed by atoms with Crippen molar-refractivity contribution >= 4 is 11.9 Å². The lowest BCUT2D eigenvalue weighted by Crippen LogP contribution is -2.14. The molecule has 0 bridgehead atoms. The third kappa shape index (κ3) is 5.42. The van der Waals surface area contributed by atoms with E-state index < -0.39 is 0 Å². The van der Waals surface area contributed by atoms with Crippen LogP contribution in [0.1, 0.15) is 29.5 Å². The van der Waals surface area contributed by atoms with E-state index in [0.717, 1.165) is 59.0 Å². The van der Waals surface area contributed by atoms with Crippen LogP contribution in [-0.4, -0.2) is 32.4 Å². The summed E-state index contributed by atoms with van der Waals surface area (Å²) in [4.78, 5) is 27.7. The molecule has 0 atom stereocenters. The van der Waals surface area contributed by atoms with Crippen LogP contribution in [0.15, 0.2) is 91.3 Å². The summed E-state index contributed by atoms with van der Waals surface area (Å²) in [6.07, 6.45) is 4.71. The van der Waals surface area contributed by atoms with E-state index in [9.17, 15) is 4.79 Å². The Balaban J connectivity index is 1.23. The number of H-pyrrole nitrogens is 2. The van der Waals surface area contributed by atoms with Crippen molar-refractivity contribution < 1.29 is 4.79 Å². The zero-order valence-corrected chi connectivity index (χ0v) is 20.1. The van der Waals surface area contributed by atoms with Crippen LogP contribution in [0.25, 0.3) is 33.6 Å². The molecular weight excluding hydrogens is 448 g/mol. The molecule has 0 unspecified atom stereocenters. The first-order valence-electron chi connectivity index (χ1n) is 12.1. The highest BCUT2D eigenvalue weighted by Gasteiger charge is 2.10. The molecule has 36 heavy (non-hydrogen) atoms. The largest absolute Gasteiger partial charge is 0.341 e. The average molecular weight is 477 g/mol. The Hall–Kier alpha value is -4.49. The maximum atomic E-state index is 12.4. The average Bonchev–Trinajstić information content (AvgIpc) is 3.60. The number of aromatic nitrogens is 4. The van der Waals surface area contributed by atoms with Gasteiger partial charge in [0.2, 0.25) is 5.95 Å². The second-order valence-electron chi connectivity index (χ2n) is 8.54. The number of carbonyl (C=O) groups is 1. The first-order valence-corrected chi connectivity index (χ1v) is 12.1.